The van der Waals surface area contributed by atoms with Crippen LogP contribution in [-0.2, 0) is 0 Å². The van der Waals surface area contributed by atoms with E-state index in [4.69, 9.17) is 10.4 Å². The van der Waals surface area contributed by atoms with Gasteiger partial charge in [-0.3, -0.25) is 9.59 Å². The van der Waals surface area contributed by atoms with E-state index in [1.807, 2.05) is 0 Å². The molecule has 0 fully saturated rings. The molecule has 2 N–H and O–H groups in total. The van der Waals surface area contributed by atoms with Crippen LogP contribution in [0.4, 0.5) is 0 Å². The Bertz CT molecular complexity index is 349. The molecule has 10 heavy (non-hydrogen) atoms. The fourth-order valence-electron chi connectivity index (χ4n) is 0.460. The smallest absolute Gasteiger partial charge is 0.351 e. The maximum absolute atomic E-state index is 10.4. The first kappa shape index (κ1) is 6.40. The van der Waals surface area contributed by atoms with Crippen LogP contribution in [0, 0.1) is 0 Å². The molecule has 0 amide bonds. The van der Waals surface area contributed by atoms with Crippen molar-refractivity contribution in [2.45, 2.75) is 0 Å². The summed E-state index contributed by atoms with van der Waals surface area (Å²) in [6, 6.07) is 0.842. The molecule has 54 valence electrons. The second-order valence-corrected chi connectivity index (χ2v) is 1.59. The third-order valence-corrected chi connectivity index (χ3v) is 0.946. The number of hydrogen-bond donors (Lipinski definition) is 2. The number of hydrogen-bond acceptors (Lipinski definition) is 4. The van der Waals surface area contributed by atoms with Gasteiger partial charge in [-0.25, -0.2) is 0 Å². The first-order valence-electron chi connectivity index (χ1n) is 2.36. The van der Waals surface area contributed by atoms with E-state index >= 15 is 0 Å². The van der Waals surface area contributed by atoms with Crippen LogP contribution in [0.5, 0.6) is 0 Å². The van der Waals surface area contributed by atoms with Crippen LogP contribution in [0.15, 0.2) is 21.9 Å². The largest absolute Gasteiger partial charge is 0.411 e. The standard InChI is InChI=1S/C4H4N2O4/c7-3-1-2-5(9)6(10)4(3)8/h1-2,9-10H. The van der Waals surface area contributed by atoms with Gasteiger partial charge in [0.1, 0.15) is 0 Å². The fourth-order valence-corrected chi connectivity index (χ4v) is 0.460. The molecule has 6 heteroatoms. The first-order valence-corrected chi connectivity index (χ1v) is 2.36. The number of rotatable bonds is 0. The Hall–Kier alpha value is -1.72. The summed E-state index contributed by atoms with van der Waals surface area (Å²) >= 11 is 0. The molecular formula is C4H4N2O4. The molecule has 6 nitrogen and oxygen atoms in total. The topological polar surface area (TPSA) is 84.5 Å². The lowest BCUT2D eigenvalue weighted by molar-refractivity contribution is -0.0237. The zero-order valence-corrected chi connectivity index (χ0v) is 4.76. The van der Waals surface area contributed by atoms with E-state index in [9.17, 15) is 9.59 Å². The molecule has 0 aromatic carbocycles. The molecule has 0 spiro atoms. The van der Waals surface area contributed by atoms with Gasteiger partial charge in [0.15, 0.2) is 0 Å². The molecule has 0 unspecified atom stereocenters. The second kappa shape index (κ2) is 1.90. The van der Waals surface area contributed by atoms with Crippen LogP contribution in [0.25, 0.3) is 0 Å². The van der Waals surface area contributed by atoms with Crippen LogP contribution in [0.1, 0.15) is 0 Å². The van der Waals surface area contributed by atoms with E-state index in [1.165, 1.54) is 0 Å². The van der Waals surface area contributed by atoms with Gasteiger partial charge in [-0.05, 0) is 4.85 Å². The molecular weight excluding hydrogens is 140 g/mol. The van der Waals surface area contributed by atoms with Gasteiger partial charge in [0.25, 0.3) is 0 Å². The van der Waals surface area contributed by atoms with Gasteiger partial charge in [-0.1, -0.05) is 4.85 Å². The van der Waals surface area contributed by atoms with Gasteiger partial charge >= 0.3 is 5.56 Å². The summed E-state index contributed by atoms with van der Waals surface area (Å²) in [6.45, 7) is 0. The Labute approximate surface area is 54.1 Å². The molecule has 0 aliphatic rings. The Morgan fingerprint density at radius 1 is 1.30 bits per heavy atom. The van der Waals surface area contributed by atoms with Crippen molar-refractivity contribution in [1.82, 2.24) is 9.69 Å². The summed E-state index contributed by atoms with van der Waals surface area (Å²) in [5.41, 5.74) is -2.07. The van der Waals surface area contributed by atoms with Crippen molar-refractivity contribution in [3.8, 4) is 0 Å². The van der Waals surface area contributed by atoms with Crippen LogP contribution >= 0.6 is 0 Å². The average Bonchev–Trinajstić information content (AvgIpc) is 1.93. The molecule has 0 atom stereocenters. The van der Waals surface area contributed by atoms with Crippen molar-refractivity contribution in [3.63, 3.8) is 0 Å². The highest BCUT2D eigenvalue weighted by atomic mass is 16.6. The predicted molar refractivity (Wildman–Crippen MR) is 29.3 cm³/mol. The van der Waals surface area contributed by atoms with Crippen molar-refractivity contribution in [2.24, 2.45) is 0 Å². The third-order valence-electron chi connectivity index (χ3n) is 0.946. The average molecular weight is 144 g/mol. The van der Waals surface area contributed by atoms with E-state index in [-0.39, 0.29) is 9.69 Å². The maximum atomic E-state index is 10.4. The zero-order chi connectivity index (χ0) is 7.72. The number of aromatic nitrogens is 2. The summed E-state index contributed by atoms with van der Waals surface area (Å²) in [7, 11) is 0. The maximum Gasteiger partial charge on any atom is 0.351 e. The summed E-state index contributed by atoms with van der Waals surface area (Å²) in [5.74, 6) is 0. The quantitative estimate of drug-likeness (QED) is 0.342. The van der Waals surface area contributed by atoms with E-state index in [2.05, 4.69) is 0 Å². The predicted octanol–water partition coefficient (Wildman–Crippen LogP) is -1.52. The molecule has 0 radical (unpaired) electrons. The highest BCUT2D eigenvalue weighted by Gasteiger charge is 1.98. The van der Waals surface area contributed by atoms with Gasteiger partial charge in [0.05, 0.1) is 6.20 Å². The van der Waals surface area contributed by atoms with Crippen molar-refractivity contribution in [2.75, 3.05) is 0 Å². The lowest BCUT2D eigenvalue weighted by atomic mass is 10.6. The normalized spacial score (nSPS) is 9.60. The highest BCUT2D eigenvalue weighted by molar-refractivity contribution is 4.85. The van der Waals surface area contributed by atoms with Crippen LogP contribution in [0.2, 0.25) is 0 Å². The second-order valence-electron chi connectivity index (χ2n) is 1.59. The van der Waals surface area contributed by atoms with E-state index in [0.717, 1.165) is 12.3 Å². The molecule has 0 saturated heterocycles. The van der Waals surface area contributed by atoms with Crippen LogP contribution < -0.4 is 11.0 Å². The Morgan fingerprint density at radius 2 is 1.90 bits per heavy atom. The molecule has 0 aliphatic heterocycles. The van der Waals surface area contributed by atoms with E-state index in [0.29, 0.717) is 0 Å². The SMILES string of the molecule is O=c1ccn(O)n(O)c1=O. The minimum absolute atomic E-state index is 0.101. The van der Waals surface area contributed by atoms with Crippen molar-refractivity contribution >= 4 is 0 Å². The lowest BCUT2D eigenvalue weighted by Crippen LogP contribution is -2.37. The van der Waals surface area contributed by atoms with Gasteiger partial charge in [0, 0.05) is 6.07 Å². The summed E-state index contributed by atoms with van der Waals surface area (Å²) < 4.78 is 0. The summed E-state index contributed by atoms with van der Waals surface area (Å²) in [6.07, 6.45) is 0.851. The zero-order valence-electron chi connectivity index (χ0n) is 4.76. The molecule has 0 aliphatic carbocycles. The van der Waals surface area contributed by atoms with Gasteiger partial charge < -0.3 is 10.4 Å². The molecule has 0 saturated carbocycles. The van der Waals surface area contributed by atoms with Crippen molar-refractivity contribution in [3.05, 3.63) is 32.8 Å². The van der Waals surface area contributed by atoms with Gasteiger partial charge in [-0.2, -0.15) is 0 Å². The highest BCUT2D eigenvalue weighted by Crippen LogP contribution is 1.67. The van der Waals surface area contributed by atoms with Gasteiger partial charge in [0.2, 0.25) is 5.43 Å². The molecule has 0 bridgehead atoms. The van der Waals surface area contributed by atoms with Crippen LogP contribution in [-0.4, -0.2) is 20.1 Å². The Morgan fingerprint density at radius 3 is 2.40 bits per heavy atom. The molecule has 1 aromatic heterocycles. The first-order chi connectivity index (χ1) is 4.63. The van der Waals surface area contributed by atoms with Crippen LogP contribution in [0.3, 0.4) is 0 Å². The fraction of sp³-hybridized carbons (Fsp3) is 0. The minimum atomic E-state index is -1.19. The lowest BCUT2D eigenvalue weighted by Gasteiger charge is -1.98. The van der Waals surface area contributed by atoms with Crippen molar-refractivity contribution < 1.29 is 10.4 Å². The molecule has 1 aromatic rings. The summed E-state index contributed by atoms with van der Waals surface area (Å²) in [4.78, 5) is 20.7. The number of nitrogens with zero attached hydrogens (tertiary/aromatic N) is 2. The Kier molecular flexibility index (Phi) is 1.22. The van der Waals surface area contributed by atoms with Crippen molar-refractivity contribution in [1.29, 1.82) is 0 Å². The summed E-state index contributed by atoms with van der Waals surface area (Å²) in [5, 5.41) is 17.0. The van der Waals surface area contributed by atoms with E-state index in [1.54, 1.807) is 0 Å². The molecule has 1 heterocycles. The minimum Gasteiger partial charge on any atom is -0.411 e. The third kappa shape index (κ3) is 0.750. The van der Waals surface area contributed by atoms with E-state index < -0.39 is 11.0 Å². The van der Waals surface area contributed by atoms with Gasteiger partial charge in [-0.15, -0.1) is 0 Å². The molecule has 1 rings (SSSR count). The monoisotopic (exact) mass is 144 g/mol. The Balaban J connectivity index is 3.66.